The first kappa shape index (κ1) is 10.3. The summed E-state index contributed by atoms with van der Waals surface area (Å²) in [4.78, 5) is 13.6. The molecule has 2 heterocycles. The van der Waals surface area contributed by atoms with Gasteiger partial charge in [-0.05, 0) is 6.92 Å². The molecule has 84 valence electrons. The van der Waals surface area contributed by atoms with Gasteiger partial charge in [0.2, 0.25) is 0 Å². The smallest absolute Gasteiger partial charge is 0.316 e. The number of rotatable bonds is 2. The normalized spacial score (nSPS) is 11.4. The van der Waals surface area contributed by atoms with Crippen LogP contribution in [0.4, 0.5) is 5.82 Å². The Morgan fingerprint density at radius 1 is 1.38 bits per heavy atom. The number of nitrogens with one attached hydrogen (secondary N) is 1. The average molecular weight is 220 g/mol. The van der Waals surface area contributed by atoms with E-state index in [1.54, 1.807) is 18.2 Å². The van der Waals surface area contributed by atoms with Crippen molar-refractivity contribution >= 4 is 23.2 Å². The summed E-state index contributed by atoms with van der Waals surface area (Å²) in [6.07, 6.45) is 1.59. The molecule has 0 amide bonds. The molecule has 0 saturated heterocycles. The van der Waals surface area contributed by atoms with Crippen LogP contribution in [-0.4, -0.2) is 50.6 Å². The molecule has 7 nitrogen and oxygen atoms in total. The number of nitrogens with zero attached hydrogens (tertiary/aromatic N) is 5. The van der Waals surface area contributed by atoms with Crippen molar-refractivity contribution < 1.29 is 5.11 Å². The number of fused-ring (bicyclic) bond motifs is 1. The van der Waals surface area contributed by atoms with Gasteiger partial charge in [0.05, 0.1) is 12.0 Å². The molecule has 0 aromatic carbocycles. The summed E-state index contributed by atoms with van der Waals surface area (Å²) in [5.41, 5.74) is 1.90. The van der Waals surface area contributed by atoms with E-state index >= 15 is 0 Å². The Balaban J connectivity index is 2.59. The molecule has 0 atom stereocenters. The Morgan fingerprint density at radius 2 is 2.12 bits per heavy atom. The molecule has 0 aliphatic heterocycles. The Labute approximate surface area is 91.9 Å². The third kappa shape index (κ3) is 1.79. The van der Waals surface area contributed by atoms with Crippen molar-refractivity contribution in [2.75, 3.05) is 14.1 Å². The second-order valence-electron chi connectivity index (χ2n) is 3.59. The third-order valence-corrected chi connectivity index (χ3v) is 1.97. The second kappa shape index (κ2) is 3.76. The fourth-order valence-electron chi connectivity index (χ4n) is 1.26. The molecule has 2 rings (SSSR count). The summed E-state index contributed by atoms with van der Waals surface area (Å²) in [5.74, 6) is 0.372. The quantitative estimate of drug-likeness (QED) is 0.571. The molecule has 2 N–H and O–H groups in total. The zero-order valence-corrected chi connectivity index (χ0v) is 9.26. The molecule has 0 saturated carbocycles. The number of aromatic hydroxyl groups is 1. The van der Waals surface area contributed by atoms with Crippen LogP contribution in [0.5, 0.6) is 6.01 Å². The van der Waals surface area contributed by atoms with Gasteiger partial charge < -0.3 is 10.0 Å². The second-order valence-corrected chi connectivity index (χ2v) is 3.59. The Hall–Kier alpha value is -2.18. The predicted molar refractivity (Wildman–Crippen MR) is 59.9 cm³/mol. The molecule has 0 unspecified atom stereocenters. The lowest BCUT2D eigenvalue weighted by Crippen LogP contribution is -2.07. The maximum absolute atomic E-state index is 9.37. The van der Waals surface area contributed by atoms with E-state index in [1.807, 2.05) is 14.1 Å². The number of aromatic nitrogens is 4. The fourth-order valence-corrected chi connectivity index (χ4v) is 1.26. The lowest BCUT2D eigenvalue weighted by molar-refractivity contribution is 0.433. The van der Waals surface area contributed by atoms with Gasteiger partial charge in [0.1, 0.15) is 11.0 Å². The third-order valence-electron chi connectivity index (χ3n) is 1.97. The lowest BCUT2D eigenvalue weighted by Gasteiger charge is -2.02. The molecule has 2 aromatic heterocycles. The van der Waals surface area contributed by atoms with Crippen LogP contribution in [0.2, 0.25) is 0 Å². The van der Waals surface area contributed by atoms with Crippen molar-refractivity contribution in [2.45, 2.75) is 6.92 Å². The van der Waals surface area contributed by atoms with Crippen molar-refractivity contribution in [3.63, 3.8) is 0 Å². The highest BCUT2D eigenvalue weighted by Gasteiger charge is 2.10. The zero-order chi connectivity index (χ0) is 11.7. The molecule has 0 fully saturated rings. The zero-order valence-electron chi connectivity index (χ0n) is 9.26. The molecule has 0 spiro atoms. The lowest BCUT2D eigenvalue weighted by atomic mass is 10.3. The molecular weight excluding hydrogens is 208 g/mol. The van der Waals surface area contributed by atoms with Crippen LogP contribution in [-0.2, 0) is 0 Å². The van der Waals surface area contributed by atoms with Crippen molar-refractivity contribution in [3.8, 4) is 6.01 Å². The minimum atomic E-state index is -0.303. The monoisotopic (exact) mass is 220 g/mol. The van der Waals surface area contributed by atoms with Gasteiger partial charge in [-0.2, -0.15) is 15.1 Å². The predicted octanol–water partition coefficient (Wildman–Crippen LogP) is 0.588. The van der Waals surface area contributed by atoms with Crippen LogP contribution >= 0.6 is 0 Å². The maximum Gasteiger partial charge on any atom is 0.316 e. The van der Waals surface area contributed by atoms with E-state index in [9.17, 15) is 5.11 Å². The first-order valence-corrected chi connectivity index (χ1v) is 4.70. The largest absolute Gasteiger partial charge is 0.479 e. The Bertz CT molecular complexity index is 544. The van der Waals surface area contributed by atoms with E-state index in [2.05, 4.69) is 25.2 Å². The highest BCUT2D eigenvalue weighted by atomic mass is 16.3. The number of hydrogen-bond donors (Lipinski definition) is 2. The first-order chi connectivity index (χ1) is 7.58. The summed E-state index contributed by atoms with van der Waals surface area (Å²) in [7, 11) is 3.69. The Kier molecular flexibility index (Phi) is 2.43. The van der Waals surface area contributed by atoms with Crippen molar-refractivity contribution in [2.24, 2.45) is 4.99 Å². The van der Waals surface area contributed by atoms with E-state index in [4.69, 9.17) is 0 Å². The minimum absolute atomic E-state index is 0.303. The van der Waals surface area contributed by atoms with Gasteiger partial charge in [-0.25, -0.2) is 4.99 Å². The van der Waals surface area contributed by atoms with Crippen LogP contribution in [0.25, 0.3) is 11.0 Å². The molecule has 0 aliphatic rings. The molecule has 2 aromatic rings. The van der Waals surface area contributed by atoms with Gasteiger partial charge in [0, 0.05) is 14.1 Å². The molecule has 0 bridgehead atoms. The highest BCUT2D eigenvalue weighted by Crippen LogP contribution is 2.24. The van der Waals surface area contributed by atoms with E-state index in [-0.39, 0.29) is 6.01 Å². The van der Waals surface area contributed by atoms with E-state index in [1.165, 1.54) is 0 Å². The summed E-state index contributed by atoms with van der Waals surface area (Å²) >= 11 is 0. The van der Waals surface area contributed by atoms with Crippen LogP contribution in [0.3, 0.4) is 0 Å². The van der Waals surface area contributed by atoms with Crippen molar-refractivity contribution in [3.05, 3.63) is 5.69 Å². The molecule has 0 radical (unpaired) electrons. The summed E-state index contributed by atoms with van der Waals surface area (Å²) in [5, 5.41) is 16.2. The number of H-pyrrole nitrogens is 1. The number of aromatic amines is 1. The van der Waals surface area contributed by atoms with Crippen LogP contribution < -0.4 is 0 Å². The summed E-state index contributed by atoms with van der Waals surface area (Å²) < 4.78 is 0. The first-order valence-electron chi connectivity index (χ1n) is 4.70. The molecular formula is C9H12N6O. The van der Waals surface area contributed by atoms with Gasteiger partial charge in [0.15, 0.2) is 5.82 Å². The van der Waals surface area contributed by atoms with Crippen LogP contribution in [0.1, 0.15) is 5.69 Å². The van der Waals surface area contributed by atoms with Gasteiger partial charge in [0.25, 0.3) is 0 Å². The minimum Gasteiger partial charge on any atom is -0.479 e. The van der Waals surface area contributed by atoms with Crippen LogP contribution in [0, 0.1) is 6.92 Å². The van der Waals surface area contributed by atoms with Crippen molar-refractivity contribution in [1.29, 1.82) is 0 Å². The molecule has 7 heteroatoms. The van der Waals surface area contributed by atoms with E-state index < -0.39 is 0 Å². The van der Waals surface area contributed by atoms with Gasteiger partial charge >= 0.3 is 6.01 Å². The number of aliphatic imine (C=N–C) groups is 1. The summed E-state index contributed by atoms with van der Waals surface area (Å²) in [6.45, 7) is 1.80. The fraction of sp³-hybridized carbons (Fsp3) is 0.333. The number of aryl methyl sites for hydroxylation is 1. The van der Waals surface area contributed by atoms with Gasteiger partial charge in [-0.3, -0.25) is 5.10 Å². The molecule has 0 aliphatic carbocycles. The molecule has 16 heavy (non-hydrogen) atoms. The average Bonchev–Trinajstić information content (AvgIpc) is 2.57. The topological polar surface area (TPSA) is 90.3 Å². The maximum atomic E-state index is 9.37. The van der Waals surface area contributed by atoms with Gasteiger partial charge in [-0.15, -0.1) is 0 Å². The Morgan fingerprint density at radius 3 is 2.81 bits per heavy atom. The summed E-state index contributed by atoms with van der Waals surface area (Å²) in [6, 6.07) is -0.303. The van der Waals surface area contributed by atoms with E-state index in [0.717, 1.165) is 0 Å². The van der Waals surface area contributed by atoms with Crippen molar-refractivity contribution in [1.82, 2.24) is 25.1 Å². The van der Waals surface area contributed by atoms with Crippen LogP contribution in [0.15, 0.2) is 4.99 Å². The number of hydrogen-bond acceptors (Lipinski definition) is 5. The van der Waals surface area contributed by atoms with Gasteiger partial charge in [-0.1, -0.05) is 0 Å². The highest BCUT2D eigenvalue weighted by molar-refractivity contribution is 5.87. The standard InChI is InChI=1S/C9H12N6O/c1-5-6-7(14-13-5)8(10-4-15(2)3)12-9(16)11-6/h4H,1-3H3,(H,13,14)(H,11,12,16)/b10-4+. The van der Waals surface area contributed by atoms with E-state index in [0.29, 0.717) is 22.5 Å². The SMILES string of the molecule is Cc1n[nH]c2c(/N=C/N(C)C)nc(O)nc12.